The first-order valence-corrected chi connectivity index (χ1v) is 8.73. The van der Waals surface area contributed by atoms with Crippen LogP contribution in [-0.4, -0.2) is 31.7 Å². The molecule has 152 valence electrons. The minimum absolute atomic E-state index is 0.00742. The molecule has 1 aliphatic heterocycles. The topological polar surface area (TPSA) is 71.0 Å². The van der Waals surface area contributed by atoms with Gasteiger partial charge in [-0.05, 0) is 30.3 Å². The fraction of sp³-hybridized carbons (Fsp3) is 0.250. The van der Waals surface area contributed by atoms with Crippen molar-refractivity contribution >= 4 is 23.7 Å². The fourth-order valence-corrected chi connectivity index (χ4v) is 3.02. The second kappa shape index (κ2) is 8.34. The van der Waals surface area contributed by atoms with Crippen LogP contribution in [0.2, 0.25) is 0 Å². The average Bonchev–Trinajstić information content (AvgIpc) is 3.09. The first-order valence-electron chi connectivity index (χ1n) is 8.73. The van der Waals surface area contributed by atoms with Crippen molar-refractivity contribution < 1.29 is 27.5 Å². The zero-order valence-corrected chi connectivity index (χ0v) is 15.4. The van der Waals surface area contributed by atoms with Crippen molar-refractivity contribution in [2.45, 2.75) is 12.6 Å². The lowest BCUT2D eigenvalue weighted by Gasteiger charge is -2.16. The van der Waals surface area contributed by atoms with Gasteiger partial charge in [0.25, 0.3) is 0 Å². The summed E-state index contributed by atoms with van der Waals surface area (Å²) in [6, 6.07) is 11.7. The lowest BCUT2D eigenvalue weighted by Crippen LogP contribution is -2.30. The van der Waals surface area contributed by atoms with Crippen LogP contribution in [0.25, 0.3) is 0 Å². The smallest absolute Gasteiger partial charge is 0.417 e. The highest BCUT2D eigenvalue weighted by atomic mass is 19.4. The van der Waals surface area contributed by atoms with E-state index in [1.165, 1.54) is 30.2 Å². The number of carbonyl (C=O) groups is 2. The lowest BCUT2D eigenvalue weighted by molar-refractivity contribution is -0.137. The molecule has 2 amide bonds. The SMILES string of the molecule is COc1ccc(N2CC(C(=O)NN=Cc3ccccc3C(F)(F)F)CC2=O)cc1. The summed E-state index contributed by atoms with van der Waals surface area (Å²) in [6.45, 7) is 0.158. The average molecular weight is 405 g/mol. The van der Waals surface area contributed by atoms with Crippen LogP contribution in [0, 0.1) is 5.92 Å². The minimum Gasteiger partial charge on any atom is -0.497 e. The van der Waals surface area contributed by atoms with Crippen molar-refractivity contribution in [2.24, 2.45) is 11.0 Å². The van der Waals surface area contributed by atoms with Crippen LogP contribution in [0.15, 0.2) is 53.6 Å². The van der Waals surface area contributed by atoms with Crippen molar-refractivity contribution in [1.29, 1.82) is 0 Å². The van der Waals surface area contributed by atoms with Crippen LogP contribution in [0.1, 0.15) is 17.5 Å². The molecule has 0 saturated carbocycles. The number of carbonyl (C=O) groups excluding carboxylic acids is 2. The summed E-state index contributed by atoms with van der Waals surface area (Å²) in [5.41, 5.74) is 1.85. The molecule has 2 aromatic rings. The number of halogens is 3. The van der Waals surface area contributed by atoms with Gasteiger partial charge >= 0.3 is 6.18 Å². The molecule has 1 aliphatic rings. The zero-order valence-electron chi connectivity index (χ0n) is 15.4. The van der Waals surface area contributed by atoms with Crippen molar-refractivity contribution in [3.63, 3.8) is 0 Å². The summed E-state index contributed by atoms with van der Waals surface area (Å²) in [7, 11) is 1.53. The molecular formula is C20H18F3N3O3. The molecule has 6 nitrogen and oxygen atoms in total. The summed E-state index contributed by atoms with van der Waals surface area (Å²) in [5.74, 6) is -0.764. The van der Waals surface area contributed by atoms with Crippen LogP contribution >= 0.6 is 0 Å². The Kier molecular flexibility index (Phi) is 5.86. The van der Waals surface area contributed by atoms with Crippen molar-refractivity contribution in [3.8, 4) is 5.75 Å². The molecule has 3 rings (SSSR count). The number of alkyl halides is 3. The molecule has 1 fully saturated rings. The molecule has 1 saturated heterocycles. The number of ether oxygens (including phenoxy) is 1. The van der Waals surface area contributed by atoms with Crippen molar-refractivity contribution in [2.75, 3.05) is 18.6 Å². The van der Waals surface area contributed by atoms with Crippen molar-refractivity contribution in [3.05, 3.63) is 59.7 Å². The minimum atomic E-state index is -4.52. The molecule has 0 spiro atoms. The highest BCUT2D eigenvalue weighted by Gasteiger charge is 2.35. The number of anilines is 1. The summed E-state index contributed by atoms with van der Waals surface area (Å²) < 4.78 is 44.0. The summed E-state index contributed by atoms with van der Waals surface area (Å²) in [6.07, 6.45) is -3.59. The van der Waals surface area contributed by atoms with E-state index >= 15 is 0 Å². The molecule has 1 heterocycles. The first kappa shape index (κ1) is 20.4. The molecule has 2 aromatic carbocycles. The number of rotatable bonds is 5. The van der Waals surface area contributed by atoms with Gasteiger partial charge in [-0.3, -0.25) is 9.59 Å². The highest BCUT2D eigenvalue weighted by Crippen LogP contribution is 2.31. The molecule has 1 N–H and O–H groups in total. The van der Waals surface area contributed by atoms with Crippen LogP contribution in [0.5, 0.6) is 5.75 Å². The third kappa shape index (κ3) is 4.74. The Bertz CT molecular complexity index is 927. The molecule has 0 bridgehead atoms. The second-order valence-electron chi connectivity index (χ2n) is 6.42. The van der Waals surface area contributed by atoms with E-state index in [4.69, 9.17) is 4.74 Å². The van der Waals surface area contributed by atoms with E-state index in [1.807, 2.05) is 0 Å². The van der Waals surface area contributed by atoms with Crippen LogP contribution in [0.4, 0.5) is 18.9 Å². The van der Waals surface area contributed by atoms with Gasteiger partial charge in [0.05, 0.1) is 24.8 Å². The Morgan fingerprint density at radius 1 is 1.21 bits per heavy atom. The van der Waals surface area contributed by atoms with E-state index in [-0.39, 0.29) is 24.4 Å². The number of hydrazone groups is 1. The number of benzene rings is 2. The quantitative estimate of drug-likeness (QED) is 0.613. The molecule has 1 unspecified atom stereocenters. The van der Waals surface area contributed by atoms with Crippen LogP contribution in [-0.2, 0) is 15.8 Å². The van der Waals surface area contributed by atoms with E-state index in [0.29, 0.717) is 11.4 Å². The van der Waals surface area contributed by atoms with Crippen LogP contribution < -0.4 is 15.1 Å². The Morgan fingerprint density at radius 3 is 2.55 bits per heavy atom. The standard InChI is InChI=1S/C20H18F3N3O3/c1-29-16-8-6-15(7-9-16)26-12-14(10-18(26)27)19(28)25-24-11-13-4-2-3-5-17(13)20(21,22)23/h2-9,11,14H,10,12H2,1H3,(H,25,28). The van der Waals surface area contributed by atoms with Gasteiger partial charge in [0, 0.05) is 24.2 Å². The van der Waals surface area contributed by atoms with Gasteiger partial charge in [0.2, 0.25) is 11.8 Å². The van der Waals surface area contributed by atoms with E-state index in [2.05, 4.69) is 10.5 Å². The molecule has 0 radical (unpaired) electrons. The van der Waals surface area contributed by atoms with E-state index in [9.17, 15) is 22.8 Å². The van der Waals surface area contributed by atoms with Gasteiger partial charge in [0.15, 0.2) is 0 Å². The number of methoxy groups -OCH3 is 1. The predicted octanol–water partition coefficient (Wildman–Crippen LogP) is 3.22. The van der Waals surface area contributed by atoms with Gasteiger partial charge in [-0.15, -0.1) is 0 Å². The zero-order chi connectivity index (χ0) is 21.0. The summed E-state index contributed by atoms with van der Waals surface area (Å²) in [4.78, 5) is 26.0. The van der Waals surface area contributed by atoms with E-state index < -0.39 is 23.6 Å². The molecular weight excluding hydrogens is 387 g/mol. The number of amides is 2. The normalized spacial score (nSPS) is 17.0. The molecule has 1 atom stereocenters. The van der Waals surface area contributed by atoms with E-state index in [1.54, 1.807) is 24.3 Å². The number of hydrogen-bond donors (Lipinski definition) is 1. The first-order chi connectivity index (χ1) is 13.8. The van der Waals surface area contributed by atoms with Crippen LogP contribution in [0.3, 0.4) is 0 Å². The lowest BCUT2D eigenvalue weighted by atomic mass is 10.1. The Morgan fingerprint density at radius 2 is 1.90 bits per heavy atom. The highest BCUT2D eigenvalue weighted by molar-refractivity contribution is 6.00. The van der Waals surface area contributed by atoms with Gasteiger partial charge in [-0.25, -0.2) is 5.43 Å². The Balaban J connectivity index is 1.63. The summed E-state index contributed by atoms with van der Waals surface area (Å²) >= 11 is 0. The predicted molar refractivity (Wildman–Crippen MR) is 101 cm³/mol. The third-order valence-electron chi connectivity index (χ3n) is 4.52. The number of nitrogens with one attached hydrogen (secondary N) is 1. The van der Waals surface area contributed by atoms with Gasteiger partial charge in [-0.2, -0.15) is 18.3 Å². The largest absolute Gasteiger partial charge is 0.497 e. The maximum atomic E-state index is 13.0. The molecule has 9 heteroatoms. The fourth-order valence-electron chi connectivity index (χ4n) is 3.02. The maximum Gasteiger partial charge on any atom is 0.417 e. The number of nitrogens with zero attached hydrogens (tertiary/aromatic N) is 2. The Labute approximate surface area is 165 Å². The van der Waals surface area contributed by atoms with Crippen molar-refractivity contribution in [1.82, 2.24) is 5.43 Å². The number of hydrogen-bond acceptors (Lipinski definition) is 4. The molecule has 0 aliphatic carbocycles. The van der Waals surface area contributed by atoms with Gasteiger partial charge in [-0.1, -0.05) is 18.2 Å². The van der Waals surface area contributed by atoms with Gasteiger partial charge < -0.3 is 9.64 Å². The Hall–Kier alpha value is -3.36. The maximum absolute atomic E-state index is 13.0. The molecule has 0 aromatic heterocycles. The monoisotopic (exact) mass is 405 g/mol. The van der Waals surface area contributed by atoms with Gasteiger partial charge in [0.1, 0.15) is 5.75 Å². The second-order valence-corrected chi connectivity index (χ2v) is 6.42. The van der Waals surface area contributed by atoms with E-state index in [0.717, 1.165) is 12.3 Å². The third-order valence-corrected chi connectivity index (χ3v) is 4.52. The summed E-state index contributed by atoms with van der Waals surface area (Å²) in [5, 5.41) is 3.63. The molecule has 29 heavy (non-hydrogen) atoms.